The van der Waals surface area contributed by atoms with Gasteiger partial charge in [-0.05, 0) is 72.4 Å². The van der Waals surface area contributed by atoms with Gasteiger partial charge < -0.3 is 20.7 Å². The molecule has 8 nitrogen and oxygen atoms in total. The predicted molar refractivity (Wildman–Crippen MR) is 154 cm³/mol. The Hall–Kier alpha value is -3.10. The molecular weight excluding hydrogens is 528 g/mol. The van der Waals surface area contributed by atoms with Crippen LogP contribution in [-0.2, 0) is 27.2 Å². The molecule has 3 aliphatic rings. The van der Waals surface area contributed by atoms with Gasteiger partial charge in [-0.1, -0.05) is 62.6 Å². The summed E-state index contributed by atoms with van der Waals surface area (Å²) < 4.78 is 6.32. The highest BCUT2D eigenvalue weighted by Crippen LogP contribution is 2.33. The van der Waals surface area contributed by atoms with E-state index in [0.29, 0.717) is 36.9 Å². The van der Waals surface area contributed by atoms with Crippen molar-refractivity contribution in [3.8, 4) is 5.75 Å². The highest BCUT2D eigenvalue weighted by atomic mass is 35.5. The average molecular weight is 567 g/mol. The third-order valence-corrected chi connectivity index (χ3v) is 8.21. The molecule has 0 saturated heterocycles. The first kappa shape index (κ1) is 28.4. The summed E-state index contributed by atoms with van der Waals surface area (Å²) in [5.74, 6) is 0.264. The first-order valence-corrected chi connectivity index (χ1v) is 14.8. The van der Waals surface area contributed by atoms with E-state index >= 15 is 0 Å². The monoisotopic (exact) mass is 566 g/mol. The standard InChI is InChI=1S/C31H39ClN4O4/c1-18(2)28-31(39)35-24(14-19-9-10-19)29(37)33-11-5-7-21-6-3-4-8-27(21)40-17-26-22-12-20(13-23(32)16-22)15-25(34-26)30(38)36-28/h3-4,6,8,12-13,16,18-19,24-26,28,34H,5,7,9-11,14-15,17H2,1-2H3,(H,33,37)(H,35,39)(H,36,38)/t24-,25+,26?,28+/m0/s1. The van der Waals surface area contributed by atoms with Crippen LogP contribution in [0.4, 0.5) is 0 Å². The number of halogens is 1. The summed E-state index contributed by atoms with van der Waals surface area (Å²) in [7, 11) is 0. The molecule has 2 aromatic rings. The van der Waals surface area contributed by atoms with Crippen molar-refractivity contribution in [2.45, 2.75) is 76.5 Å². The molecule has 9 heteroatoms. The largest absolute Gasteiger partial charge is 0.491 e. The topological polar surface area (TPSA) is 109 Å². The second-order valence-corrected chi connectivity index (χ2v) is 12.1. The summed E-state index contributed by atoms with van der Waals surface area (Å²) in [4.78, 5) is 40.3. The zero-order valence-corrected chi connectivity index (χ0v) is 23.9. The lowest BCUT2D eigenvalue weighted by atomic mass is 10.00. The van der Waals surface area contributed by atoms with Gasteiger partial charge in [0.2, 0.25) is 17.7 Å². The molecule has 4 bridgehead atoms. The van der Waals surface area contributed by atoms with Crippen molar-refractivity contribution >= 4 is 29.3 Å². The van der Waals surface area contributed by atoms with Crippen LogP contribution in [0.5, 0.6) is 5.75 Å². The van der Waals surface area contributed by atoms with Crippen molar-refractivity contribution in [1.82, 2.24) is 21.3 Å². The molecule has 2 aromatic carbocycles. The van der Waals surface area contributed by atoms with Crippen molar-refractivity contribution < 1.29 is 19.1 Å². The van der Waals surface area contributed by atoms with Crippen LogP contribution in [-0.4, -0.2) is 49.0 Å². The second kappa shape index (κ2) is 12.6. The Labute approximate surface area is 241 Å². The minimum atomic E-state index is -0.779. The summed E-state index contributed by atoms with van der Waals surface area (Å²) in [6.07, 6.45) is 4.64. The number of hydrogen-bond acceptors (Lipinski definition) is 5. The fourth-order valence-electron chi connectivity index (χ4n) is 5.55. The zero-order valence-electron chi connectivity index (χ0n) is 23.2. The van der Waals surface area contributed by atoms with Gasteiger partial charge in [0.1, 0.15) is 24.4 Å². The van der Waals surface area contributed by atoms with E-state index in [-0.39, 0.29) is 29.7 Å². The summed E-state index contributed by atoms with van der Waals surface area (Å²) in [6, 6.07) is 11.4. The molecular formula is C31H39ClN4O4. The maximum atomic E-state index is 13.7. The summed E-state index contributed by atoms with van der Waals surface area (Å²) >= 11 is 6.45. The van der Waals surface area contributed by atoms with Crippen LogP contribution in [0.1, 0.15) is 62.3 Å². The summed E-state index contributed by atoms with van der Waals surface area (Å²) in [6.45, 7) is 4.58. The first-order valence-electron chi connectivity index (χ1n) is 14.4. The number of amides is 3. The second-order valence-electron chi connectivity index (χ2n) is 11.7. The lowest BCUT2D eigenvalue weighted by Crippen LogP contribution is -2.58. The van der Waals surface area contributed by atoms with Gasteiger partial charge in [0.15, 0.2) is 0 Å². The number of ether oxygens (including phenoxy) is 1. The molecule has 1 unspecified atom stereocenters. The van der Waals surface area contributed by atoms with E-state index in [1.165, 1.54) is 0 Å². The maximum absolute atomic E-state index is 13.7. The maximum Gasteiger partial charge on any atom is 0.243 e. The SMILES string of the molecule is CC(C)[C@H]1NC(=O)[C@H]2Cc3cc(Cl)cc(c3)C(COc3ccccc3CCCNC(=O)[C@H](CC3CC3)NC1=O)N2. The van der Waals surface area contributed by atoms with Crippen molar-refractivity contribution in [3.05, 3.63) is 64.2 Å². The van der Waals surface area contributed by atoms with Crippen molar-refractivity contribution in [1.29, 1.82) is 0 Å². The highest BCUT2D eigenvalue weighted by molar-refractivity contribution is 6.30. The molecule has 5 rings (SSSR count). The minimum Gasteiger partial charge on any atom is -0.491 e. The van der Waals surface area contributed by atoms with Gasteiger partial charge >= 0.3 is 0 Å². The van der Waals surface area contributed by atoms with Gasteiger partial charge in [0, 0.05) is 11.6 Å². The fourth-order valence-corrected chi connectivity index (χ4v) is 5.81. The quantitative estimate of drug-likeness (QED) is 0.455. The number of nitrogens with one attached hydrogen (secondary N) is 4. The van der Waals surface area contributed by atoms with Crippen molar-refractivity contribution in [3.63, 3.8) is 0 Å². The van der Waals surface area contributed by atoms with Gasteiger partial charge in [-0.15, -0.1) is 0 Å². The Balaban J connectivity index is 1.44. The summed E-state index contributed by atoms with van der Waals surface area (Å²) in [5.41, 5.74) is 2.94. The molecule has 1 aliphatic carbocycles. The number of para-hydroxylation sites is 1. The van der Waals surface area contributed by atoms with E-state index in [4.69, 9.17) is 16.3 Å². The zero-order chi connectivity index (χ0) is 28.2. The number of fused-ring (bicyclic) bond motifs is 6. The smallest absolute Gasteiger partial charge is 0.243 e. The predicted octanol–water partition coefficient (Wildman–Crippen LogP) is 3.46. The Morgan fingerprint density at radius 1 is 0.975 bits per heavy atom. The van der Waals surface area contributed by atoms with Crippen LogP contribution in [0.15, 0.2) is 42.5 Å². The van der Waals surface area contributed by atoms with Crippen molar-refractivity contribution in [2.75, 3.05) is 13.2 Å². The van der Waals surface area contributed by atoms with Gasteiger partial charge in [-0.3, -0.25) is 19.7 Å². The molecule has 1 saturated carbocycles. The van der Waals surface area contributed by atoms with Gasteiger partial charge in [0.05, 0.1) is 12.1 Å². The molecule has 0 radical (unpaired) electrons. The molecule has 214 valence electrons. The summed E-state index contributed by atoms with van der Waals surface area (Å²) in [5, 5.41) is 13.0. The molecule has 1 fully saturated rings. The Bertz CT molecular complexity index is 1250. The third-order valence-electron chi connectivity index (χ3n) is 7.99. The van der Waals surface area contributed by atoms with Crippen LogP contribution in [0, 0.1) is 11.8 Å². The highest BCUT2D eigenvalue weighted by Gasteiger charge is 2.35. The van der Waals surface area contributed by atoms with Crippen LogP contribution in [0.3, 0.4) is 0 Å². The molecule has 4 N–H and O–H groups in total. The number of carbonyl (C=O) groups is 3. The van der Waals surface area contributed by atoms with E-state index in [0.717, 1.165) is 48.1 Å². The van der Waals surface area contributed by atoms with Crippen LogP contribution < -0.4 is 26.0 Å². The lowest BCUT2D eigenvalue weighted by Gasteiger charge is -2.28. The van der Waals surface area contributed by atoms with Crippen LogP contribution in [0.2, 0.25) is 5.02 Å². The van der Waals surface area contributed by atoms with E-state index in [1.807, 2.05) is 50.2 Å². The number of hydrogen-bond donors (Lipinski definition) is 4. The Morgan fingerprint density at radius 2 is 1.77 bits per heavy atom. The van der Waals surface area contributed by atoms with E-state index in [9.17, 15) is 14.4 Å². The van der Waals surface area contributed by atoms with Gasteiger partial charge in [-0.25, -0.2) is 0 Å². The Kier molecular flexibility index (Phi) is 8.96. The average Bonchev–Trinajstić information content (AvgIpc) is 3.75. The molecule has 2 aliphatic heterocycles. The number of carbonyl (C=O) groups excluding carboxylic acids is 3. The van der Waals surface area contributed by atoms with Gasteiger partial charge in [-0.2, -0.15) is 0 Å². The Morgan fingerprint density at radius 3 is 2.55 bits per heavy atom. The van der Waals surface area contributed by atoms with E-state index < -0.39 is 18.1 Å². The number of aryl methyl sites for hydroxylation is 1. The fraction of sp³-hybridized carbons (Fsp3) is 0.516. The molecule has 0 aromatic heterocycles. The molecule has 2 heterocycles. The first-order chi connectivity index (χ1) is 19.3. The van der Waals surface area contributed by atoms with Gasteiger partial charge in [0.25, 0.3) is 0 Å². The van der Waals surface area contributed by atoms with Crippen molar-refractivity contribution in [2.24, 2.45) is 11.8 Å². The van der Waals surface area contributed by atoms with Crippen LogP contribution in [0.25, 0.3) is 0 Å². The van der Waals surface area contributed by atoms with E-state index in [1.54, 1.807) is 0 Å². The number of rotatable bonds is 3. The molecule has 40 heavy (non-hydrogen) atoms. The minimum absolute atomic E-state index is 0.170. The van der Waals surface area contributed by atoms with Crippen LogP contribution >= 0.6 is 11.6 Å². The molecule has 0 spiro atoms. The number of benzene rings is 2. The lowest BCUT2D eigenvalue weighted by molar-refractivity contribution is -0.133. The normalized spacial score (nSPS) is 26.2. The van der Waals surface area contributed by atoms with E-state index in [2.05, 4.69) is 27.3 Å². The third kappa shape index (κ3) is 7.15. The molecule has 3 amide bonds. The molecule has 4 atom stereocenters.